The fourth-order valence-electron chi connectivity index (χ4n) is 10.3. The zero-order valence-corrected chi connectivity index (χ0v) is 23.1. The lowest BCUT2D eigenvalue weighted by Crippen LogP contribution is -2.65. The average molecular weight is 489 g/mol. The van der Waals surface area contributed by atoms with Crippen LogP contribution in [0, 0.1) is 39.4 Å². The first-order valence-electron chi connectivity index (χ1n) is 14.0. The van der Waals surface area contributed by atoms with Gasteiger partial charge in [-0.3, -0.25) is 4.79 Å². The summed E-state index contributed by atoms with van der Waals surface area (Å²) in [7, 11) is 0. The zero-order valence-electron chi connectivity index (χ0n) is 23.1. The molecule has 4 fully saturated rings. The van der Waals surface area contributed by atoms with Crippen LogP contribution >= 0.6 is 0 Å². The van der Waals surface area contributed by atoms with E-state index in [1.807, 2.05) is 0 Å². The van der Waals surface area contributed by atoms with Gasteiger partial charge in [-0.1, -0.05) is 47.1 Å². The maximum absolute atomic E-state index is 12.9. The molecule has 0 bridgehead atoms. The Labute approximate surface area is 211 Å². The minimum Gasteiger partial charge on any atom is -0.392 e. The van der Waals surface area contributed by atoms with Crippen molar-refractivity contribution >= 4 is 5.78 Å². The van der Waals surface area contributed by atoms with Gasteiger partial charge in [0.2, 0.25) is 0 Å². The van der Waals surface area contributed by atoms with Crippen molar-refractivity contribution in [3.05, 3.63) is 11.1 Å². The third-order valence-electron chi connectivity index (χ3n) is 12.2. The Bertz CT molecular complexity index is 945. The Hall–Kier alpha value is -0.750. The van der Waals surface area contributed by atoms with Gasteiger partial charge < -0.3 is 20.1 Å². The number of ether oxygens (including phenoxy) is 1. The Morgan fingerprint density at radius 2 is 1.77 bits per heavy atom. The summed E-state index contributed by atoms with van der Waals surface area (Å²) in [5, 5.41) is 33.1. The van der Waals surface area contributed by atoms with Crippen molar-refractivity contribution in [1.29, 1.82) is 0 Å². The van der Waals surface area contributed by atoms with E-state index in [1.54, 1.807) is 13.8 Å². The molecule has 5 nitrogen and oxygen atoms in total. The van der Waals surface area contributed by atoms with Gasteiger partial charge in [-0.05, 0) is 91.9 Å². The van der Waals surface area contributed by atoms with Crippen LogP contribution in [-0.4, -0.2) is 51.1 Å². The largest absolute Gasteiger partial charge is 0.392 e. The molecule has 0 unspecified atom stereocenters. The summed E-state index contributed by atoms with van der Waals surface area (Å²) in [6, 6.07) is 0. The third kappa shape index (κ3) is 3.30. The minimum absolute atomic E-state index is 0.0666. The number of Topliss-reactive ketones (excluding diaryl/α,β-unsaturated/α-hetero) is 1. The molecule has 3 N–H and O–H groups in total. The molecule has 0 aromatic heterocycles. The van der Waals surface area contributed by atoms with Crippen molar-refractivity contribution in [2.75, 3.05) is 0 Å². The molecule has 1 heterocycles. The van der Waals surface area contributed by atoms with Gasteiger partial charge in [0.05, 0.1) is 23.9 Å². The monoisotopic (exact) mass is 488 g/mol. The summed E-state index contributed by atoms with van der Waals surface area (Å²) in [4.78, 5) is 12.9. The molecule has 198 valence electrons. The molecule has 0 aromatic rings. The fourth-order valence-corrected chi connectivity index (χ4v) is 10.3. The van der Waals surface area contributed by atoms with Gasteiger partial charge in [0.15, 0.2) is 0 Å². The summed E-state index contributed by atoms with van der Waals surface area (Å²) in [6.07, 6.45) is 3.95. The standard InChI is InChI=1S/C30H48O5/c1-16-13-19(25(33)27(4,5)34)35-20-15-30(8)17(23(16)20)14-18(31)24-28(6)11-10-22(32)26(2,3)21(28)9-12-29(24,30)7/h16,18-21,24-25,31,33-34H,9-15H2,1-8H3/t16-,18-,19+,20+,21+,24-,25+,28-,29+,30+/m1/s1. The molecule has 0 spiro atoms. The Kier molecular flexibility index (Phi) is 5.65. The predicted molar refractivity (Wildman–Crippen MR) is 136 cm³/mol. The molecule has 5 rings (SSSR count). The number of carbonyl (C=O) groups is 1. The Morgan fingerprint density at radius 3 is 2.40 bits per heavy atom. The van der Waals surface area contributed by atoms with E-state index in [-0.39, 0.29) is 39.6 Å². The molecule has 10 atom stereocenters. The van der Waals surface area contributed by atoms with Crippen LogP contribution in [-0.2, 0) is 9.53 Å². The Balaban J connectivity index is 1.53. The van der Waals surface area contributed by atoms with Crippen LogP contribution in [0.3, 0.4) is 0 Å². The normalized spacial score (nSPS) is 50.2. The molecular weight excluding hydrogens is 440 g/mol. The molecule has 0 amide bonds. The number of hydrogen-bond donors (Lipinski definition) is 3. The second kappa shape index (κ2) is 7.65. The first-order valence-corrected chi connectivity index (χ1v) is 14.0. The first-order chi connectivity index (χ1) is 16.0. The lowest BCUT2D eigenvalue weighted by molar-refractivity contribution is -0.212. The second-order valence-electron chi connectivity index (χ2n) is 14.8. The molecule has 5 aliphatic rings. The maximum atomic E-state index is 12.9. The van der Waals surface area contributed by atoms with Crippen LogP contribution in [0.15, 0.2) is 11.1 Å². The molecule has 0 aromatic carbocycles. The maximum Gasteiger partial charge on any atom is 0.138 e. The highest BCUT2D eigenvalue weighted by Crippen LogP contribution is 2.74. The van der Waals surface area contributed by atoms with Crippen molar-refractivity contribution in [2.45, 2.75) is 130 Å². The third-order valence-corrected chi connectivity index (χ3v) is 12.2. The molecular formula is C30H48O5. The molecule has 1 aliphatic heterocycles. The van der Waals surface area contributed by atoms with Crippen molar-refractivity contribution in [3.63, 3.8) is 0 Å². The summed E-state index contributed by atoms with van der Waals surface area (Å²) in [6.45, 7) is 17.0. The van der Waals surface area contributed by atoms with Gasteiger partial charge in [-0.15, -0.1) is 0 Å². The van der Waals surface area contributed by atoms with Crippen LogP contribution in [0.2, 0.25) is 0 Å². The van der Waals surface area contributed by atoms with Crippen molar-refractivity contribution in [3.8, 4) is 0 Å². The predicted octanol–water partition coefficient (Wildman–Crippen LogP) is 4.81. The molecule has 5 heteroatoms. The molecule has 3 saturated carbocycles. The fraction of sp³-hybridized carbons (Fsp3) is 0.900. The SMILES string of the molecule is C[C@@H]1C[C@@H]([C@H](O)C(C)(C)O)O[C@H]2C[C@@]3(C)C(=C12)C[C@@H](O)[C@@H]1[C@]2(C)CCC(=O)C(C)(C)[C@@H]2CC[C@@]13C. The van der Waals surface area contributed by atoms with Crippen LogP contribution in [0.4, 0.5) is 0 Å². The number of rotatable bonds is 2. The number of carbonyl (C=O) groups excluding carboxylic acids is 1. The van der Waals surface area contributed by atoms with Gasteiger partial charge in [-0.25, -0.2) is 0 Å². The summed E-state index contributed by atoms with van der Waals surface area (Å²) in [5.74, 6) is 1.07. The van der Waals surface area contributed by atoms with Gasteiger partial charge in [0, 0.05) is 11.8 Å². The highest BCUT2D eigenvalue weighted by Gasteiger charge is 2.70. The van der Waals surface area contributed by atoms with E-state index in [0.717, 1.165) is 25.7 Å². The second-order valence-corrected chi connectivity index (χ2v) is 14.8. The first kappa shape index (κ1) is 25.9. The number of ketones is 1. The van der Waals surface area contributed by atoms with E-state index >= 15 is 0 Å². The number of aliphatic hydroxyl groups excluding tert-OH is 2. The van der Waals surface area contributed by atoms with Crippen molar-refractivity contribution in [2.24, 2.45) is 39.4 Å². The van der Waals surface area contributed by atoms with Crippen LogP contribution in [0.5, 0.6) is 0 Å². The smallest absolute Gasteiger partial charge is 0.138 e. The van der Waals surface area contributed by atoms with E-state index in [0.29, 0.717) is 31.0 Å². The summed E-state index contributed by atoms with van der Waals surface area (Å²) < 4.78 is 6.57. The highest BCUT2D eigenvalue weighted by atomic mass is 16.5. The lowest BCUT2D eigenvalue weighted by atomic mass is 9.36. The van der Waals surface area contributed by atoms with Gasteiger partial charge in [0.25, 0.3) is 0 Å². The van der Waals surface area contributed by atoms with Gasteiger partial charge in [-0.2, -0.15) is 0 Å². The van der Waals surface area contributed by atoms with E-state index in [4.69, 9.17) is 4.74 Å². The average Bonchev–Trinajstić information content (AvgIpc) is 3.03. The van der Waals surface area contributed by atoms with Crippen molar-refractivity contribution in [1.82, 2.24) is 0 Å². The molecule has 1 saturated heterocycles. The van der Waals surface area contributed by atoms with E-state index in [2.05, 4.69) is 41.5 Å². The lowest BCUT2D eigenvalue weighted by Gasteiger charge is -2.68. The molecule has 0 radical (unpaired) electrons. The molecule has 4 aliphatic carbocycles. The van der Waals surface area contributed by atoms with E-state index in [1.165, 1.54) is 11.1 Å². The highest BCUT2D eigenvalue weighted by molar-refractivity contribution is 5.85. The van der Waals surface area contributed by atoms with Gasteiger partial charge >= 0.3 is 0 Å². The summed E-state index contributed by atoms with van der Waals surface area (Å²) >= 11 is 0. The van der Waals surface area contributed by atoms with Crippen molar-refractivity contribution < 1.29 is 24.9 Å². The van der Waals surface area contributed by atoms with E-state index < -0.39 is 23.9 Å². The van der Waals surface area contributed by atoms with Crippen LogP contribution < -0.4 is 0 Å². The zero-order chi connectivity index (χ0) is 25.9. The number of fused-ring (bicyclic) bond motifs is 6. The topological polar surface area (TPSA) is 87.0 Å². The van der Waals surface area contributed by atoms with Crippen LogP contribution in [0.1, 0.15) is 100 Å². The quantitative estimate of drug-likeness (QED) is 0.486. The van der Waals surface area contributed by atoms with E-state index in [9.17, 15) is 20.1 Å². The minimum atomic E-state index is -1.21. The van der Waals surface area contributed by atoms with Crippen LogP contribution in [0.25, 0.3) is 0 Å². The van der Waals surface area contributed by atoms with Gasteiger partial charge in [0.1, 0.15) is 11.9 Å². The number of hydrogen-bond acceptors (Lipinski definition) is 5. The molecule has 35 heavy (non-hydrogen) atoms. The Morgan fingerprint density at radius 1 is 1.11 bits per heavy atom. The number of aliphatic hydroxyl groups is 3. The summed E-state index contributed by atoms with van der Waals surface area (Å²) in [5.41, 5.74) is 0.954.